The summed E-state index contributed by atoms with van der Waals surface area (Å²) in [5.41, 5.74) is 18.7. The van der Waals surface area contributed by atoms with Crippen molar-refractivity contribution < 1.29 is 0 Å². The Morgan fingerprint density at radius 1 is 0.247 bits per heavy atom. The molecule has 0 N–H and O–H groups in total. The van der Waals surface area contributed by atoms with Crippen LogP contribution in [0.2, 0.25) is 0 Å². The molecule has 16 rings (SSSR count). The second-order valence-corrected chi connectivity index (χ2v) is 20.8. The highest BCUT2D eigenvalue weighted by Gasteiger charge is 2.23. The van der Waals surface area contributed by atoms with Crippen LogP contribution < -0.4 is 0 Å². The van der Waals surface area contributed by atoms with Gasteiger partial charge in [-0.15, -0.1) is 0 Å². The van der Waals surface area contributed by atoms with E-state index in [0.29, 0.717) is 22.5 Å². The SMILES string of the molecule is Cc1ccccc1.N#Cc1cc(C#N)c(-n2c3ccccc3c3cc(-c4ccc5c6ccccc6n(-c6ccccc6)c5c4)ccc32)cc1-n1c2ccccc2c2cc(-c3ccc4c5ccccc5n(-c5ccccc5)c4c3)ccc21. The minimum atomic E-state index is 0.419. The zero-order chi connectivity index (χ0) is 54.1. The molecule has 6 nitrogen and oxygen atoms in total. The number of hydrogen-bond acceptors (Lipinski definition) is 2. The van der Waals surface area contributed by atoms with Gasteiger partial charge in [-0.05, 0) is 126 Å². The summed E-state index contributed by atoms with van der Waals surface area (Å²) in [4.78, 5) is 0. The highest BCUT2D eigenvalue weighted by molar-refractivity contribution is 6.15. The first-order chi connectivity index (χ1) is 40.0. The molecule has 81 heavy (non-hydrogen) atoms. The fraction of sp³-hybridized carbons (Fsp3) is 0.0133. The zero-order valence-electron chi connectivity index (χ0n) is 44.2. The summed E-state index contributed by atoms with van der Waals surface area (Å²) in [6.07, 6.45) is 0. The van der Waals surface area contributed by atoms with Gasteiger partial charge in [-0.2, -0.15) is 10.5 Å². The lowest BCUT2D eigenvalue weighted by atomic mass is 10.0. The number of aryl methyl sites for hydroxylation is 1. The van der Waals surface area contributed by atoms with Gasteiger partial charge in [0.25, 0.3) is 0 Å². The van der Waals surface area contributed by atoms with E-state index in [1.54, 1.807) is 6.07 Å². The van der Waals surface area contributed by atoms with Crippen LogP contribution in [0.3, 0.4) is 0 Å². The van der Waals surface area contributed by atoms with E-state index in [2.05, 4.69) is 280 Å². The first-order valence-corrected chi connectivity index (χ1v) is 27.3. The molecule has 12 aromatic carbocycles. The molecular formula is C75H48N6. The Morgan fingerprint density at radius 2 is 0.556 bits per heavy atom. The van der Waals surface area contributed by atoms with Crippen molar-refractivity contribution in [2.24, 2.45) is 0 Å². The van der Waals surface area contributed by atoms with E-state index < -0.39 is 0 Å². The van der Waals surface area contributed by atoms with Crippen molar-refractivity contribution in [1.29, 1.82) is 10.5 Å². The van der Waals surface area contributed by atoms with Gasteiger partial charge in [-0.3, -0.25) is 0 Å². The first kappa shape index (κ1) is 47.1. The van der Waals surface area contributed by atoms with Crippen LogP contribution in [0.1, 0.15) is 16.7 Å². The number of para-hydroxylation sites is 6. The number of fused-ring (bicyclic) bond motifs is 12. The number of rotatable bonds is 6. The van der Waals surface area contributed by atoms with Crippen LogP contribution in [-0.2, 0) is 0 Å². The number of aromatic nitrogens is 4. The summed E-state index contributed by atoms with van der Waals surface area (Å²) < 4.78 is 9.11. The van der Waals surface area contributed by atoms with E-state index in [9.17, 15) is 10.5 Å². The monoisotopic (exact) mass is 1030 g/mol. The van der Waals surface area contributed by atoms with Gasteiger partial charge in [-0.1, -0.05) is 181 Å². The molecule has 0 aliphatic heterocycles. The molecule has 378 valence electrons. The Hall–Kier alpha value is -11.2. The Balaban J connectivity index is 0.000000752. The zero-order valence-corrected chi connectivity index (χ0v) is 44.2. The topological polar surface area (TPSA) is 67.3 Å². The summed E-state index contributed by atoms with van der Waals surface area (Å²) in [5, 5.41) is 31.0. The molecule has 6 heteroatoms. The Morgan fingerprint density at radius 3 is 0.938 bits per heavy atom. The maximum absolute atomic E-state index is 10.9. The smallest absolute Gasteiger partial charge is 0.101 e. The average Bonchev–Trinajstić information content (AvgIpc) is 4.45. The molecule has 0 aliphatic rings. The van der Waals surface area contributed by atoms with Crippen LogP contribution in [-0.4, -0.2) is 18.3 Å². The second-order valence-electron chi connectivity index (χ2n) is 20.8. The van der Waals surface area contributed by atoms with Crippen molar-refractivity contribution in [1.82, 2.24) is 18.3 Å². The van der Waals surface area contributed by atoms with E-state index in [0.717, 1.165) is 88.3 Å². The summed E-state index contributed by atoms with van der Waals surface area (Å²) in [5.74, 6) is 0. The summed E-state index contributed by atoms with van der Waals surface area (Å²) >= 11 is 0. The van der Waals surface area contributed by atoms with Crippen molar-refractivity contribution in [3.8, 4) is 57.1 Å². The van der Waals surface area contributed by atoms with Gasteiger partial charge in [0.05, 0.1) is 66.6 Å². The van der Waals surface area contributed by atoms with Crippen molar-refractivity contribution in [2.75, 3.05) is 0 Å². The molecule has 16 aromatic rings. The number of benzene rings is 12. The summed E-state index contributed by atoms with van der Waals surface area (Å²) in [6, 6.07) is 101. The van der Waals surface area contributed by atoms with Crippen molar-refractivity contribution in [2.45, 2.75) is 6.92 Å². The van der Waals surface area contributed by atoms with Crippen molar-refractivity contribution in [3.05, 3.63) is 290 Å². The third kappa shape index (κ3) is 7.62. The van der Waals surface area contributed by atoms with Gasteiger partial charge >= 0.3 is 0 Å². The molecular weight excluding hydrogens is 985 g/mol. The maximum atomic E-state index is 10.9. The van der Waals surface area contributed by atoms with Crippen molar-refractivity contribution >= 4 is 87.2 Å². The highest BCUT2D eigenvalue weighted by Crippen LogP contribution is 2.42. The average molecular weight is 1030 g/mol. The van der Waals surface area contributed by atoms with Crippen LogP contribution in [0.25, 0.3) is 132 Å². The van der Waals surface area contributed by atoms with E-state index in [4.69, 9.17) is 0 Å². The minimum Gasteiger partial charge on any atom is -0.309 e. The molecule has 0 radical (unpaired) electrons. The molecule has 0 unspecified atom stereocenters. The predicted octanol–water partition coefficient (Wildman–Crippen LogP) is 19.1. The molecule has 4 aromatic heterocycles. The van der Waals surface area contributed by atoms with Crippen LogP contribution >= 0.6 is 0 Å². The molecule has 0 amide bonds. The van der Waals surface area contributed by atoms with Gasteiger partial charge in [0.2, 0.25) is 0 Å². The molecule has 4 heterocycles. The molecule has 0 saturated heterocycles. The lowest BCUT2D eigenvalue weighted by molar-refractivity contribution is 1.12. The summed E-state index contributed by atoms with van der Waals surface area (Å²) in [6.45, 7) is 2.08. The predicted molar refractivity (Wildman–Crippen MR) is 335 cm³/mol. The fourth-order valence-corrected chi connectivity index (χ4v) is 12.5. The Labute approximate surface area is 467 Å². The van der Waals surface area contributed by atoms with Crippen LogP contribution in [0, 0.1) is 29.6 Å². The van der Waals surface area contributed by atoms with E-state index in [1.807, 2.05) is 24.3 Å². The quantitative estimate of drug-likeness (QED) is 0.167. The second kappa shape index (κ2) is 19.1. The van der Waals surface area contributed by atoms with Crippen molar-refractivity contribution in [3.63, 3.8) is 0 Å². The normalized spacial score (nSPS) is 11.5. The third-order valence-electron chi connectivity index (χ3n) is 16.2. The third-order valence-corrected chi connectivity index (χ3v) is 16.2. The highest BCUT2D eigenvalue weighted by atomic mass is 15.0. The Kier molecular flexibility index (Phi) is 11.1. The van der Waals surface area contributed by atoms with E-state index >= 15 is 0 Å². The molecule has 0 spiro atoms. The molecule has 0 atom stereocenters. The number of nitrogens with zero attached hydrogens (tertiary/aromatic N) is 6. The van der Waals surface area contributed by atoms with E-state index in [-0.39, 0.29) is 0 Å². The van der Waals surface area contributed by atoms with Crippen LogP contribution in [0.5, 0.6) is 0 Å². The number of nitriles is 2. The largest absolute Gasteiger partial charge is 0.309 e. The van der Waals surface area contributed by atoms with Gasteiger partial charge in [0.1, 0.15) is 12.1 Å². The fourth-order valence-electron chi connectivity index (χ4n) is 12.5. The molecule has 0 saturated carbocycles. The lowest BCUT2D eigenvalue weighted by Crippen LogP contribution is -2.04. The maximum Gasteiger partial charge on any atom is 0.101 e. The van der Waals surface area contributed by atoms with E-state index in [1.165, 1.54) is 38.1 Å². The van der Waals surface area contributed by atoms with Crippen LogP contribution in [0.4, 0.5) is 0 Å². The van der Waals surface area contributed by atoms with Crippen LogP contribution in [0.15, 0.2) is 273 Å². The molecule has 0 aliphatic carbocycles. The van der Waals surface area contributed by atoms with Gasteiger partial charge in [0.15, 0.2) is 0 Å². The first-order valence-electron chi connectivity index (χ1n) is 27.3. The minimum absolute atomic E-state index is 0.419. The molecule has 0 fully saturated rings. The number of hydrogen-bond donors (Lipinski definition) is 0. The van der Waals surface area contributed by atoms with Gasteiger partial charge < -0.3 is 18.3 Å². The molecule has 0 bridgehead atoms. The standard InChI is InChI=1S/C68H40N6.C7H8/c69-41-47-35-48(42-70)66(74-62-26-14-10-22-54(62)58-37-44(30-34-64(58)74)46-28-32-56-52-20-8-12-24-60(52)72(68(56)39-46)50-17-5-2-6-18-50)40-65(47)73-61-25-13-9-21-53(61)57-36-43(29-33-63(57)73)45-27-31-55-51-19-7-11-23-59(51)71(67(55)38-45)49-15-3-1-4-16-49;1-7-5-3-2-4-6-7/h1-40H;2-6H,1H3. The summed E-state index contributed by atoms with van der Waals surface area (Å²) in [7, 11) is 0. The lowest BCUT2D eigenvalue weighted by Gasteiger charge is -2.16. The van der Waals surface area contributed by atoms with Gasteiger partial charge in [0, 0.05) is 54.5 Å². The Bertz CT molecular complexity index is 4950. The van der Waals surface area contributed by atoms with Gasteiger partial charge in [-0.25, -0.2) is 0 Å².